The van der Waals surface area contributed by atoms with Gasteiger partial charge in [-0.1, -0.05) is 64.0 Å². The van der Waals surface area contributed by atoms with Crippen LogP contribution in [0, 0.1) is 56.7 Å². The SMILES string of the molecule is C=C(C)[C@@H]1CC[C@]2(NCCN3CCS(=C)(=O)CC3)CC[C@]3(C)[C@H](CC[C@@H]4[C@@]5(C)CC=C(C6=CCC(COc7nnnn7C)(C(=O)O)CC6)C(C)(C)[C@@H]5CC[C@]43C)[C@@H]12. The van der Waals surface area contributed by atoms with Gasteiger partial charge in [0.1, 0.15) is 12.0 Å². The normalized spacial score (nSPS) is 42.4. The third-order valence-corrected chi connectivity index (χ3v) is 20.4. The van der Waals surface area contributed by atoms with Crippen molar-refractivity contribution in [3.63, 3.8) is 0 Å². The van der Waals surface area contributed by atoms with Gasteiger partial charge in [0.15, 0.2) is 0 Å². The molecule has 1 aromatic rings. The quantitative estimate of drug-likeness (QED) is 0.185. The van der Waals surface area contributed by atoms with Crippen molar-refractivity contribution in [2.24, 2.45) is 63.7 Å². The molecular formula is C46H72N6O4S. The zero-order valence-electron chi connectivity index (χ0n) is 36.2. The average molecular weight is 805 g/mol. The highest BCUT2D eigenvalue weighted by molar-refractivity contribution is 8.00. The summed E-state index contributed by atoms with van der Waals surface area (Å²) < 4.78 is 19.8. The first-order valence-electron chi connectivity index (χ1n) is 22.2. The Morgan fingerprint density at radius 2 is 1.74 bits per heavy atom. The number of aryl methyl sites for hydroxylation is 1. The molecule has 0 bridgehead atoms. The van der Waals surface area contributed by atoms with Crippen LogP contribution in [0.5, 0.6) is 6.01 Å². The van der Waals surface area contributed by atoms with Crippen molar-refractivity contribution in [3.8, 4) is 6.01 Å². The van der Waals surface area contributed by atoms with E-state index in [9.17, 15) is 14.1 Å². The number of fused-ring (bicyclic) bond motifs is 7. The van der Waals surface area contributed by atoms with Crippen molar-refractivity contribution in [2.75, 3.05) is 44.3 Å². The average Bonchev–Trinajstić information content (AvgIpc) is 3.75. The second-order valence-electron chi connectivity index (χ2n) is 21.4. The number of aliphatic carboxylic acids is 1. The molecule has 2 N–H and O–H groups in total. The van der Waals surface area contributed by atoms with E-state index in [0.29, 0.717) is 42.4 Å². The molecule has 8 rings (SSSR count). The standard InChI is InChI=1S/C46H72N6O4S/c1-31(2)33-14-21-46(47-24-25-52-26-28-57(9,55)29-27-52)23-22-43(6)35(38(33)46)10-11-37-42(5)17-15-34(41(3,4)36(42)16-18-44(37,43)7)32-12-19-45(20-13-32,39(53)54)30-56-40-48-49-50-51(40)8/h12,15,33,35-38,47H,1,9-11,13-14,16-30H2,2-8H3,(H,53,54)/t33-,35+,36-,37+,38+,42-,43+,44+,45?,46-/m0/s1. The van der Waals surface area contributed by atoms with E-state index in [0.717, 1.165) is 50.5 Å². The van der Waals surface area contributed by atoms with Crippen LogP contribution in [0.25, 0.3) is 0 Å². The largest absolute Gasteiger partial charge is 0.481 e. The fourth-order valence-corrected chi connectivity index (χ4v) is 16.6. The van der Waals surface area contributed by atoms with Crippen LogP contribution in [0.15, 0.2) is 35.5 Å². The number of nitrogens with zero attached hydrogens (tertiary/aromatic N) is 5. The fraction of sp³-hybridized carbons (Fsp3) is 0.804. The first-order valence-corrected chi connectivity index (χ1v) is 24.3. The van der Waals surface area contributed by atoms with Crippen LogP contribution in [-0.4, -0.2) is 96.1 Å². The maximum absolute atomic E-state index is 12.7. The molecule has 1 aliphatic heterocycles. The molecule has 6 aliphatic carbocycles. The molecule has 10 atom stereocenters. The Kier molecular flexibility index (Phi) is 10.4. The van der Waals surface area contributed by atoms with Crippen LogP contribution in [0.1, 0.15) is 119 Å². The Hall–Kier alpha value is -2.50. The minimum Gasteiger partial charge on any atom is -0.481 e. The highest BCUT2D eigenvalue weighted by atomic mass is 32.2. The van der Waals surface area contributed by atoms with Gasteiger partial charge in [0.2, 0.25) is 0 Å². The molecule has 0 radical (unpaired) electrons. The number of ether oxygens (including phenoxy) is 1. The van der Waals surface area contributed by atoms with Gasteiger partial charge in [-0.3, -0.25) is 9.00 Å². The zero-order valence-corrected chi connectivity index (χ0v) is 37.0. The number of carboxylic acid groups (broad SMARTS) is 1. The van der Waals surface area contributed by atoms with Crippen LogP contribution in [-0.2, 0) is 21.4 Å². The molecule has 10 nitrogen and oxygen atoms in total. The molecule has 1 aromatic heterocycles. The van der Waals surface area contributed by atoms with E-state index in [4.69, 9.17) is 4.74 Å². The van der Waals surface area contributed by atoms with Crippen LogP contribution < -0.4 is 10.1 Å². The van der Waals surface area contributed by atoms with Gasteiger partial charge < -0.3 is 20.1 Å². The Balaban J connectivity index is 1.01. The van der Waals surface area contributed by atoms with Gasteiger partial charge in [-0.15, -0.1) is 0 Å². The van der Waals surface area contributed by atoms with E-state index < -0.39 is 20.9 Å². The lowest BCUT2D eigenvalue weighted by atomic mass is 9.33. The molecule has 57 heavy (non-hydrogen) atoms. The summed E-state index contributed by atoms with van der Waals surface area (Å²) in [5.74, 6) is 7.79. The van der Waals surface area contributed by atoms with Crippen LogP contribution in [0.4, 0.5) is 0 Å². The van der Waals surface area contributed by atoms with E-state index in [1.54, 1.807) is 7.05 Å². The molecule has 7 aliphatic rings. The molecule has 11 heteroatoms. The number of carbonyl (C=O) groups is 1. The maximum atomic E-state index is 12.7. The van der Waals surface area contributed by atoms with Crippen molar-refractivity contribution >= 4 is 21.4 Å². The van der Waals surface area contributed by atoms with Crippen LogP contribution in [0.3, 0.4) is 0 Å². The third kappa shape index (κ3) is 6.52. The van der Waals surface area contributed by atoms with Gasteiger partial charge in [-0.25, -0.2) is 0 Å². The Morgan fingerprint density at radius 1 is 0.982 bits per heavy atom. The minimum absolute atomic E-state index is 0.00255. The van der Waals surface area contributed by atoms with E-state index in [2.05, 4.69) is 91.9 Å². The van der Waals surface area contributed by atoms with Gasteiger partial charge in [0.05, 0.1) is 0 Å². The molecule has 0 amide bonds. The lowest BCUT2D eigenvalue weighted by Crippen LogP contribution is -2.68. The molecule has 5 fully saturated rings. The third-order valence-electron chi connectivity index (χ3n) is 18.6. The highest BCUT2D eigenvalue weighted by Crippen LogP contribution is 2.76. The molecule has 1 unspecified atom stereocenters. The number of rotatable bonds is 10. The van der Waals surface area contributed by atoms with Crippen molar-refractivity contribution in [1.82, 2.24) is 30.4 Å². The number of allylic oxidation sites excluding steroid dienone is 5. The molecule has 316 valence electrons. The van der Waals surface area contributed by atoms with E-state index in [-0.39, 0.29) is 39.8 Å². The smallest absolute Gasteiger partial charge is 0.335 e. The molecule has 0 spiro atoms. The van der Waals surface area contributed by atoms with Gasteiger partial charge in [0.25, 0.3) is 0 Å². The summed E-state index contributed by atoms with van der Waals surface area (Å²) in [6.07, 6.45) is 17.9. The zero-order chi connectivity index (χ0) is 40.8. The molecule has 4 saturated carbocycles. The maximum Gasteiger partial charge on any atom is 0.335 e. The Morgan fingerprint density at radius 3 is 2.39 bits per heavy atom. The van der Waals surface area contributed by atoms with Gasteiger partial charge in [0, 0.05) is 50.3 Å². The molecular weight excluding hydrogens is 733 g/mol. The van der Waals surface area contributed by atoms with Crippen molar-refractivity contribution < 1.29 is 18.8 Å². The summed E-state index contributed by atoms with van der Waals surface area (Å²) in [6.45, 7) is 24.0. The fourth-order valence-electron chi connectivity index (χ4n) is 15.2. The number of carboxylic acids is 1. The van der Waals surface area contributed by atoms with E-state index >= 15 is 0 Å². The van der Waals surface area contributed by atoms with Crippen LogP contribution >= 0.6 is 0 Å². The second-order valence-corrected chi connectivity index (χ2v) is 24.2. The number of tetrazole rings is 1. The summed E-state index contributed by atoms with van der Waals surface area (Å²) >= 11 is 0. The summed E-state index contributed by atoms with van der Waals surface area (Å²) in [7, 11) is -0.177. The molecule has 2 heterocycles. The summed E-state index contributed by atoms with van der Waals surface area (Å²) in [6, 6.07) is 0.244. The molecule has 0 aromatic carbocycles. The van der Waals surface area contributed by atoms with E-state index in [1.165, 1.54) is 72.8 Å². The predicted octanol–water partition coefficient (Wildman–Crippen LogP) is 7.34. The van der Waals surface area contributed by atoms with Crippen LogP contribution in [0.2, 0.25) is 0 Å². The Labute approximate surface area is 343 Å². The highest BCUT2D eigenvalue weighted by Gasteiger charge is 2.70. The van der Waals surface area contributed by atoms with Crippen molar-refractivity contribution in [1.29, 1.82) is 0 Å². The Bertz CT molecular complexity index is 1920. The van der Waals surface area contributed by atoms with Gasteiger partial charge in [-0.05, 0) is 172 Å². The van der Waals surface area contributed by atoms with E-state index in [1.807, 2.05) is 0 Å². The number of hydrogen-bond donors (Lipinski definition) is 2. The second kappa shape index (κ2) is 14.3. The number of aromatic nitrogens is 4. The van der Waals surface area contributed by atoms with Crippen molar-refractivity contribution in [3.05, 3.63) is 35.5 Å². The van der Waals surface area contributed by atoms with Gasteiger partial charge in [-0.2, -0.15) is 4.68 Å². The van der Waals surface area contributed by atoms with Crippen molar-refractivity contribution in [2.45, 2.75) is 124 Å². The summed E-state index contributed by atoms with van der Waals surface area (Å²) in [4.78, 5) is 15.2. The predicted molar refractivity (Wildman–Crippen MR) is 228 cm³/mol. The first-order chi connectivity index (χ1) is 26.8. The first kappa shape index (κ1) is 41.2. The summed E-state index contributed by atoms with van der Waals surface area (Å²) in [5, 5.41) is 26.1. The molecule has 1 saturated heterocycles. The number of nitrogens with one attached hydrogen (secondary N) is 1. The lowest BCUT2D eigenvalue weighted by molar-refractivity contribution is -0.221. The topological polar surface area (TPSA) is 122 Å². The minimum atomic E-state index is -1.88. The number of hydrogen-bond acceptors (Lipinski definition) is 8. The monoisotopic (exact) mass is 805 g/mol. The lowest BCUT2D eigenvalue weighted by Gasteiger charge is -2.72. The van der Waals surface area contributed by atoms with Gasteiger partial charge >= 0.3 is 12.0 Å². The summed E-state index contributed by atoms with van der Waals surface area (Å²) in [5.41, 5.74) is 4.15.